The number of hydrogen-bond donors (Lipinski definition) is 1. The molecule has 0 aliphatic carbocycles. The van der Waals surface area contributed by atoms with Gasteiger partial charge in [0.2, 0.25) is 0 Å². The molecule has 0 fully saturated rings. The van der Waals surface area contributed by atoms with Crippen LogP contribution in [0.1, 0.15) is 11.3 Å². The lowest BCUT2D eigenvalue weighted by atomic mass is 10.1. The fourth-order valence-corrected chi connectivity index (χ4v) is 1.64. The predicted octanol–water partition coefficient (Wildman–Crippen LogP) is 2.79. The van der Waals surface area contributed by atoms with Crippen LogP contribution in [0.2, 0.25) is 0 Å². The van der Waals surface area contributed by atoms with Crippen molar-refractivity contribution in [1.29, 1.82) is 0 Å². The summed E-state index contributed by atoms with van der Waals surface area (Å²) in [7, 11) is 1.70. The fraction of sp³-hybridized carbons (Fsp3) is 0.273. The van der Waals surface area contributed by atoms with E-state index in [0.717, 1.165) is 11.3 Å². The molecule has 2 heteroatoms. The second-order valence-electron chi connectivity index (χ2n) is 3.36. The Balaban J connectivity index is 2.72. The molecule has 2 rings (SSSR count). The summed E-state index contributed by atoms with van der Waals surface area (Å²) >= 11 is 0. The molecule has 1 aromatic heterocycles. The van der Waals surface area contributed by atoms with Gasteiger partial charge in [-0.2, -0.15) is 0 Å². The lowest BCUT2D eigenvalue weighted by Gasteiger charge is -2.03. The number of hydrogen-bond acceptors (Lipinski definition) is 1. The third-order valence-electron chi connectivity index (χ3n) is 2.27. The Morgan fingerprint density at radius 2 is 1.92 bits per heavy atom. The van der Waals surface area contributed by atoms with Crippen LogP contribution in [0.5, 0.6) is 5.75 Å². The molecule has 0 aliphatic rings. The molecular formula is C11H13NO. The van der Waals surface area contributed by atoms with Gasteiger partial charge in [0.1, 0.15) is 5.75 Å². The van der Waals surface area contributed by atoms with E-state index >= 15 is 0 Å². The smallest absolute Gasteiger partial charge is 0.123 e. The molecule has 1 aromatic carbocycles. The minimum Gasteiger partial charge on any atom is -0.496 e. The molecule has 2 aromatic rings. The zero-order valence-electron chi connectivity index (χ0n) is 8.14. The number of methoxy groups -OCH3 is 1. The van der Waals surface area contributed by atoms with Gasteiger partial charge in [0.15, 0.2) is 0 Å². The molecule has 0 aliphatic heterocycles. The molecule has 13 heavy (non-hydrogen) atoms. The zero-order chi connectivity index (χ0) is 9.42. The topological polar surface area (TPSA) is 25.0 Å². The minimum atomic E-state index is 0.939. The van der Waals surface area contributed by atoms with Crippen LogP contribution in [0.4, 0.5) is 0 Å². The van der Waals surface area contributed by atoms with E-state index in [9.17, 15) is 0 Å². The molecule has 0 saturated carbocycles. The summed E-state index contributed by atoms with van der Waals surface area (Å²) < 4.78 is 5.24. The molecule has 68 valence electrons. The molecule has 1 heterocycles. The highest BCUT2D eigenvalue weighted by molar-refractivity contribution is 5.83. The largest absolute Gasteiger partial charge is 0.496 e. The maximum Gasteiger partial charge on any atom is 0.123 e. The van der Waals surface area contributed by atoms with Crippen molar-refractivity contribution in [3.8, 4) is 5.75 Å². The van der Waals surface area contributed by atoms with Gasteiger partial charge in [-0.15, -0.1) is 0 Å². The number of benzene rings is 1. The second kappa shape index (κ2) is 2.80. The van der Waals surface area contributed by atoms with Gasteiger partial charge in [-0.1, -0.05) is 0 Å². The van der Waals surface area contributed by atoms with Gasteiger partial charge in [-0.05, 0) is 31.5 Å². The molecule has 0 radical (unpaired) electrons. The van der Waals surface area contributed by atoms with Crippen LogP contribution in [-0.4, -0.2) is 12.1 Å². The highest BCUT2D eigenvalue weighted by Gasteiger charge is 2.02. The fourth-order valence-electron chi connectivity index (χ4n) is 1.64. The summed E-state index contributed by atoms with van der Waals surface area (Å²) in [6.07, 6.45) is 0. The highest BCUT2D eigenvalue weighted by Crippen LogP contribution is 2.25. The normalized spacial score (nSPS) is 10.7. The quantitative estimate of drug-likeness (QED) is 0.708. The van der Waals surface area contributed by atoms with E-state index in [4.69, 9.17) is 4.74 Å². The average molecular weight is 175 g/mol. The van der Waals surface area contributed by atoms with Crippen LogP contribution >= 0.6 is 0 Å². The third-order valence-corrected chi connectivity index (χ3v) is 2.27. The Hall–Kier alpha value is -1.44. The zero-order valence-corrected chi connectivity index (χ0v) is 8.14. The van der Waals surface area contributed by atoms with Crippen LogP contribution < -0.4 is 4.74 Å². The lowest BCUT2D eigenvalue weighted by molar-refractivity contribution is 0.412. The Bertz CT molecular complexity index is 443. The van der Waals surface area contributed by atoms with Crippen LogP contribution in [0.15, 0.2) is 18.2 Å². The van der Waals surface area contributed by atoms with E-state index in [1.54, 1.807) is 7.11 Å². The summed E-state index contributed by atoms with van der Waals surface area (Å²) in [4.78, 5) is 3.28. The van der Waals surface area contributed by atoms with Crippen LogP contribution in [0.3, 0.4) is 0 Å². The molecule has 0 unspecified atom stereocenters. The molecule has 2 nitrogen and oxygen atoms in total. The highest BCUT2D eigenvalue weighted by atomic mass is 16.5. The van der Waals surface area contributed by atoms with Gasteiger partial charge in [0, 0.05) is 22.7 Å². The van der Waals surface area contributed by atoms with Crippen molar-refractivity contribution in [1.82, 2.24) is 4.98 Å². The van der Waals surface area contributed by atoms with Crippen LogP contribution in [0, 0.1) is 13.8 Å². The lowest BCUT2D eigenvalue weighted by Crippen LogP contribution is -1.86. The number of ether oxygens (including phenoxy) is 1. The predicted molar refractivity (Wildman–Crippen MR) is 54.3 cm³/mol. The van der Waals surface area contributed by atoms with Crippen molar-refractivity contribution >= 4 is 10.9 Å². The maximum absolute atomic E-state index is 5.24. The van der Waals surface area contributed by atoms with Crippen LogP contribution in [-0.2, 0) is 0 Å². The van der Waals surface area contributed by atoms with Crippen molar-refractivity contribution in [2.45, 2.75) is 13.8 Å². The Morgan fingerprint density at radius 3 is 2.62 bits per heavy atom. The minimum absolute atomic E-state index is 0.939. The van der Waals surface area contributed by atoms with Crippen molar-refractivity contribution in [2.75, 3.05) is 7.11 Å². The monoisotopic (exact) mass is 175 g/mol. The van der Waals surface area contributed by atoms with E-state index in [1.165, 1.54) is 16.6 Å². The molecule has 1 N–H and O–H groups in total. The number of aromatic nitrogens is 1. The van der Waals surface area contributed by atoms with Gasteiger partial charge in [0.25, 0.3) is 0 Å². The standard InChI is InChI=1S/C11H13NO/c1-7-4-9-5-8(2)12-10(9)6-11(7)13-3/h4-6,12H,1-3H3. The Morgan fingerprint density at radius 1 is 1.15 bits per heavy atom. The SMILES string of the molecule is COc1cc2[nH]c(C)cc2cc1C. The first kappa shape index (κ1) is 8.17. The van der Waals surface area contributed by atoms with Crippen molar-refractivity contribution < 1.29 is 4.74 Å². The number of nitrogens with one attached hydrogen (secondary N) is 1. The van der Waals surface area contributed by atoms with Gasteiger partial charge in [0.05, 0.1) is 7.11 Å². The molecule has 0 amide bonds. The van der Waals surface area contributed by atoms with Gasteiger partial charge in [-0.3, -0.25) is 0 Å². The number of fused-ring (bicyclic) bond motifs is 1. The van der Waals surface area contributed by atoms with E-state index < -0.39 is 0 Å². The number of H-pyrrole nitrogens is 1. The van der Waals surface area contributed by atoms with Crippen molar-refractivity contribution in [2.24, 2.45) is 0 Å². The molecule has 0 saturated heterocycles. The average Bonchev–Trinajstić information content (AvgIpc) is 2.42. The summed E-state index contributed by atoms with van der Waals surface area (Å²) in [5, 5.41) is 1.25. The first-order valence-electron chi connectivity index (χ1n) is 4.34. The summed E-state index contributed by atoms with van der Waals surface area (Å²) in [6.45, 7) is 4.11. The van der Waals surface area contributed by atoms with Crippen molar-refractivity contribution in [3.63, 3.8) is 0 Å². The van der Waals surface area contributed by atoms with E-state index in [1.807, 2.05) is 6.07 Å². The van der Waals surface area contributed by atoms with E-state index in [0.29, 0.717) is 0 Å². The van der Waals surface area contributed by atoms with Crippen molar-refractivity contribution in [3.05, 3.63) is 29.5 Å². The van der Waals surface area contributed by atoms with E-state index in [-0.39, 0.29) is 0 Å². The molecule has 0 bridgehead atoms. The van der Waals surface area contributed by atoms with Gasteiger partial charge < -0.3 is 9.72 Å². The number of rotatable bonds is 1. The maximum atomic E-state index is 5.24. The van der Waals surface area contributed by atoms with Crippen LogP contribution in [0.25, 0.3) is 10.9 Å². The molecule has 0 atom stereocenters. The summed E-state index contributed by atoms with van der Waals surface area (Å²) in [6, 6.07) is 6.32. The Kier molecular flexibility index (Phi) is 1.76. The second-order valence-corrected chi connectivity index (χ2v) is 3.36. The summed E-state index contributed by atoms with van der Waals surface area (Å²) in [5.74, 6) is 0.939. The first-order valence-corrected chi connectivity index (χ1v) is 4.34. The number of aryl methyl sites for hydroxylation is 2. The van der Waals surface area contributed by atoms with E-state index in [2.05, 4.69) is 31.0 Å². The third kappa shape index (κ3) is 1.28. The number of aromatic amines is 1. The molecule has 0 spiro atoms. The first-order chi connectivity index (χ1) is 6.20. The van der Waals surface area contributed by atoms with Gasteiger partial charge in [-0.25, -0.2) is 0 Å². The van der Waals surface area contributed by atoms with Gasteiger partial charge >= 0.3 is 0 Å². The Labute approximate surface area is 77.5 Å². The summed E-state index contributed by atoms with van der Waals surface area (Å²) in [5.41, 5.74) is 3.50. The molecular weight excluding hydrogens is 162 g/mol.